The lowest BCUT2D eigenvalue weighted by Gasteiger charge is -2.40. The molecule has 10 heteroatoms. The van der Waals surface area contributed by atoms with Crippen LogP contribution in [-0.2, 0) is 16.6 Å². The zero-order chi connectivity index (χ0) is 26.9. The van der Waals surface area contributed by atoms with E-state index in [0.717, 1.165) is 18.8 Å². The summed E-state index contributed by atoms with van der Waals surface area (Å²) in [4.78, 5) is 20.2. The number of nitrogens with zero attached hydrogens (tertiary/aromatic N) is 6. The fraction of sp³-hybridized carbons (Fsp3) is 0.643. The van der Waals surface area contributed by atoms with E-state index in [1.54, 1.807) is 10.9 Å². The van der Waals surface area contributed by atoms with Gasteiger partial charge in [-0.3, -0.25) is 14.4 Å². The van der Waals surface area contributed by atoms with Gasteiger partial charge < -0.3 is 9.80 Å². The second-order valence-electron chi connectivity index (χ2n) is 10.9. The van der Waals surface area contributed by atoms with Gasteiger partial charge in [-0.1, -0.05) is 31.4 Å². The molecule has 1 aromatic heterocycles. The second-order valence-corrected chi connectivity index (χ2v) is 12.8. The number of benzene rings is 1. The van der Waals surface area contributed by atoms with Crippen LogP contribution in [0.5, 0.6) is 0 Å². The van der Waals surface area contributed by atoms with Gasteiger partial charge in [-0.05, 0) is 50.8 Å². The predicted octanol–water partition coefficient (Wildman–Crippen LogP) is 3.12. The first kappa shape index (κ1) is 27.1. The molecule has 2 aliphatic heterocycles. The van der Waals surface area contributed by atoms with Gasteiger partial charge in [-0.15, -0.1) is 0 Å². The Morgan fingerprint density at radius 2 is 1.63 bits per heavy atom. The predicted molar refractivity (Wildman–Crippen MR) is 149 cm³/mol. The lowest BCUT2D eigenvalue weighted by Crippen LogP contribution is -2.52. The van der Waals surface area contributed by atoms with Crippen LogP contribution in [0.25, 0.3) is 0 Å². The molecule has 1 aliphatic carbocycles. The van der Waals surface area contributed by atoms with Crippen LogP contribution in [0.1, 0.15) is 60.5 Å². The van der Waals surface area contributed by atoms with E-state index in [1.165, 1.54) is 47.5 Å². The van der Waals surface area contributed by atoms with Crippen LogP contribution in [0, 0.1) is 13.8 Å². The van der Waals surface area contributed by atoms with Crippen LogP contribution in [0.15, 0.2) is 29.4 Å². The van der Waals surface area contributed by atoms with E-state index in [4.69, 9.17) is 0 Å². The number of aryl methyl sites for hydroxylation is 2. The average Bonchev–Trinajstić information content (AvgIpc) is 3.40. The van der Waals surface area contributed by atoms with E-state index in [0.29, 0.717) is 51.9 Å². The van der Waals surface area contributed by atoms with Crippen LogP contribution in [0.3, 0.4) is 0 Å². The van der Waals surface area contributed by atoms with E-state index < -0.39 is 10.0 Å². The third-order valence-electron chi connectivity index (χ3n) is 8.71. The zero-order valence-electron chi connectivity index (χ0n) is 23.1. The van der Waals surface area contributed by atoms with Crippen molar-refractivity contribution in [1.29, 1.82) is 0 Å². The van der Waals surface area contributed by atoms with Crippen molar-refractivity contribution in [2.75, 3.05) is 57.3 Å². The average molecular weight is 543 g/mol. The number of sulfonamides is 1. The number of piperazine rings is 2. The van der Waals surface area contributed by atoms with Crippen LogP contribution in [0.2, 0.25) is 0 Å². The van der Waals surface area contributed by atoms with Gasteiger partial charge in [-0.25, -0.2) is 8.42 Å². The molecule has 1 aromatic carbocycles. The molecule has 2 aromatic rings. The van der Waals surface area contributed by atoms with Crippen molar-refractivity contribution in [2.45, 2.75) is 70.5 Å². The Morgan fingerprint density at radius 1 is 0.947 bits per heavy atom. The molecule has 38 heavy (non-hydrogen) atoms. The van der Waals surface area contributed by atoms with Crippen molar-refractivity contribution in [1.82, 2.24) is 23.9 Å². The third-order valence-corrected chi connectivity index (χ3v) is 10.5. The van der Waals surface area contributed by atoms with Crippen molar-refractivity contribution in [3.63, 3.8) is 0 Å². The van der Waals surface area contributed by atoms with Crippen molar-refractivity contribution in [2.24, 2.45) is 0 Å². The van der Waals surface area contributed by atoms with Gasteiger partial charge >= 0.3 is 0 Å². The summed E-state index contributed by atoms with van der Waals surface area (Å²) in [7, 11) is -3.90. The number of hydrogen-bond donors (Lipinski definition) is 0. The molecule has 0 radical (unpaired) electrons. The summed E-state index contributed by atoms with van der Waals surface area (Å²) in [6.07, 6.45) is 8.02. The fourth-order valence-electron chi connectivity index (χ4n) is 6.18. The first-order valence-corrected chi connectivity index (χ1v) is 15.7. The maximum atomic E-state index is 13.8. The smallest absolute Gasteiger partial charge is 0.263 e. The summed E-state index contributed by atoms with van der Waals surface area (Å²) in [5.74, 6) is -0.222. The summed E-state index contributed by atoms with van der Waals surface area (Å²) >= 11 is 0. The number of anilines is 1. The highest BCUT2D eigenvalue weighted by Crippen LogP contribution is 2.28. The van der Waals surface area contributed by atoms with Crippen molar-refractivity contribution in [3.8, 4) is 0 Å². The van der Waals surface area contributed by atoms with E-state index in [-0.39, 0.29) is 16.5 Å². The van der Waals surface area contributed by atoms with Crippen molar-refractivity contribution in [3.05, 3.63) is 41.1 Å². The quantitative estimate of drug-likeness (QED) is 0.558. The highest BCUT2D eigenvalue weighted by molar-refractivity contribution is 7.89. The van der Waals surface area contributed by atoms with E-state index >= 15 is 0 Å². The molecule has 208 valence electrons. The van der Waals surface area contributed by atoms with Crippen LogP contribution >= 0.6 is 0 Å². The van der Waals surface area contributed by atoms with Gasteiger partial charge in [0.25, 0.3) is 15.9 Å². The fourth-order valence-corrected chi connectivity index (χ4v) is 7.69. The largest absolute Gasteiger partial charge is 0.369 e. The normalized spacial score (nSPS) is 20.7. The van der Waals surface area contributed by atoms with Gasteiger partial charge in [-0.2, -0.15) is 9.40 Å². The number of hydrogen-bond acceptors (Lipinski definition) is 6. The molecule has 0 atom stereocenters. The topological polar surface area (TPSA) is 82.0 Å². The molecule has 9 nitrogen and oxygen atoms in total. The standard InChI is InChI=1S/C28H42N6O3S/c1-4-33-21-25(28(35)32-15-13-30(14-16-32)24-10-6-5-7-11-24)27(29-33)38(36,37)34-19-17-31(18-20-34)26-12-8-9-22(2)23(26)3/h8-9,12,21,24H,4-7,10-11,13-20H2,1-3H3. The first-order valence-electron chi connectivity index (χ1n) is 14.2. The lowest BCUT2D eigenvalue weighted by molar-refractivity contribution is 0.0520. The van der Waals surface area contributed by atoms with Gasteiger partial charge in [0.05, 0.1) is 5.56 Å². The van der Waals surface area contributed by atoms with Gasteiger partial charge in [0.15, 0.2) is 0 Å². The third kappa shape index (κ3) is 5.35. The van der Waals surface area contributed by atoms with E-state index in [9.17, 15) is 13.2 Å². The summed E-state index contributed by atoms with van der Waals surface area (Å²) in [6, 6.07) is 6.87. The molecule has 0 bridgehead atoms. The Morgan fingerprint density at radius 3 is 2.29 bits per heavy atom. The number of aromatic nitrogens is 2. The summed E-state index contributed by atoms with van der Waals surface area (Å²) in [6.45, 7) is 11.5. The van der Waals surface area contributed by atoms with E-state index in [1.807, 2.05) is 17.9 Å². The summed E-state index contributed by atoms with van der Waals surface area (Å²) in [5, 5.41) is 4.30. The SMILES string of the molecule is CCn1cc(C(=O)N2CCN(C3CCCCC3)CC2)c(S(=O)(=O)N2CCN(c3cccc(C)c3C)CC2)n1. The molecule has 2 saturated heterocycles. The minimum absolute atomic E-state index is 0.0979. The Labute approximate surface area is 227 Å². The number of carbonyl (C=O) groups is 1. The lowest BCUT2D eigenvalue weighted by atomic mass is 9.94. The molecule has 0 N–H and O–H groups in total. The number of carbonyl (C=O) groups excluding carboxylic acids is 1. The Bertz CT molecular complexity index is 1240. The first-order chi connectivity index (χ1) is 18.3. The molecular formula is C28H42N6O3S. The minimum Gasteiger partial charge on any atom is -0.369 e. The second kappa shape index (κ2) is 11.4. The Kier molecular flexibility index (Phi) is 8.11. The summed E-state index contributed by atoms with van der Waals surface area (Å²) in [5.41, 5.74) is 3.81. The molecule has 3 aliphatic rings. The van der Waals surface area contributed by atoms with Gasteiger partial charge in [0, 0.05) is 76.8 Å². The van der Waals surface area contributed by atoms with Crippen LogP contribution in [-0.4, -0.2) is 96.6 Å². The van der Waals surface area contributed by atoms with Gasteiger partial charge in [0.2, 0.25) is 5.03 Å². The minimum atomic E-state index is -3.90. The van der Waals surface area contributed by atoms with E-state index in [2.05, 4.69) is 40.9 Å². The molecule has 1 amide bonds. The Hall–Kier alpha value is -2.43. The molecule has 3 heterocycles. The van der Waals surface area contributed by atoms with Gasteiger partial charge in [0.1, 0.15) is 0 Å². The van der Waals surface area contributed by atoms with Crippen LogP contribution < -0.4 is 4.90 Å². The molecule has 0 spiro atoms. The van der Waals surface area contributed by atoms with Crippen LogP contribution in [0.4, 0.5) is 5.69 Å². The highest BCUT2D eigenvalue weighted by Gasteiger charge is 2.37. The van der Waals surface area contributed by atoms with Crippen molar-refractivity contribution < 1.29 is 13.2 Å². The summed E-state index contributed by atoms with van der Waals surface area (Å²) < 4.78 is 30.7. The molecule has 5 rings (SSSR count). The Balaban J connectivity index is 1.29. The number of rotatable bonds is 6. The number of amides is 1. The highest BCUT2D eigenvalue weighted by atomic mass is 32.2. The monoisotopic (exact) mass is 542 g/mol. The molecule has 0 unspecified atom stereocenters. The maximum absolute atomic E-state index is 13.8. The van der Waals surface area contributed by atoms with Crippen molar-refractivity contribution >= 4 is 21.6 Å². The zero-order valence-corrected chi connectivity index (χ0v) is 23.9. The molecule has 3 fully saturated rings. The molecular weight excluding hydrogens is 500 g/mol. The molecule has 1 saturated carbocycles. The maximum Gasteiger partial charge on any atom is 0.263 e.